The number of hydrogen-bond donors (Lipinski definition) is 2. The molecular formula is C9H14N2O. The van der Waals surface area contributed by atoms with E-state index >= 15 is 0 Å². The predicted octanol–water partition coefficient (Wildman–Crippen LogP) is 0.481. The zero-order valence-corrected chi connectivity index (χ0v) is 7.16. The summed E-state index contributed by atoms with van der Waals surface area (Å²) in [6.07, 6.45) is 0.383. The van der Waals surface area contributed by atoms with Gasteiger partial charge in [0.15, 0.2) is 0 Å². The van der Waals surface area contributed by atoms with Gasteiger partial charge in [0.1, 0.15) is 5.75 Å². The van der Waals surface area contributed by atoms with Crippen molar-refractivity contribution >= 4 is 0 Å². The SMILES string of the molecule is COc1cccc(CC(N)N)c1. The van der Waals surface area contributed by atoms with E-state index in [1.807, 2.05) is 24.3 Å². The summed E-state index contributed by atoms with van der Waals surface area (Å²) in [7, 11) is 1.64. The van der Waals surface area contributed by atoms with E-state index < -0.39 is 0 Å². The first-order valence-corrected chi connectivity index (χ1v) is 3.86. The number of rotatable bonds is 3. The Morgan fingerprint density at radius 1 is 1.42 bits per heavy atom. The van der Waals surface area contributed by atoms with E-state index in [9.17, 15) is 0 Å². The zero-order valence-electron chi connectivity index (χ0n) is 7.16. The van der Waals surface area contributed by atoms with Gasteiger partial charge in [0.05, 0.1) is 13.3 Å². The molecule has 0 aromatic heterocycles. The highest BCUT2D eigenvalue weighted by molar-refractivity contribution is 5.28. The lowest BCUT2D eigenvalue weighted by molar-refractivity contribution is 0.414. The second kappa shape index (κ2) is 4.09. The second-order valence-electron chi connectivity index (χ2n) is 2.72. The molecule has 1 aromatic carbocycles. The van der Waals surface area contributed by atoms with E-state index in [4.69, 9.17) is 16.2 Å². The molecule has 0 atom stereocenters. The van der Waals surface area contributed by atoms with E-state index in [0.717, 1.165) is 11.3 Å². The van der Waals surface area contributed by atoms with Gasteiger partial charge in [-0.25, -0.2) is 0 Å². The molecule has 1 rings (SSSR count). The normalized spacial score (nSPS) is 10.3. The van der Waals surface area contributed by atoms with Crippen LogP contribution in [0.2, 0.25) is 0 Å². The fourth-order valence-electron chi connectivity index (χ4n) is 1.07. The summed E-state index contributed by atoms with van der Waals surface area (Å²) >= 11 is 0. The van der Waals surface area contributed by atoms with Crippen LogP contribution < -0.4 is 16.2 Å². The largest absolute Gasteiger partial charge is 0.497 e. The molecule has 0 heterocycles. The highest BCUT2D eigenvalue weighted by Gasteiger charge is 1.98. The standard InChI is InChI=1S/C9H14N2O/c1-12-8-4-2-3-7(5-8)6-9(10)11/h2-5,9H,6,10-11H2,1H3. The highest BCUT2D eigenvalue weighted by Crippen LogP contribution is 2.12. The number of benzene rings is 1. The van der Waals surface area contributed by atoms with Gasteiger partial charge in [-0.05, 0) is 17.7 Å². The molecule has 3 heteroatoms. The molecule has 0 aliphatic heterocycles. The summed E-state index contributed by atoms with van der Waals surface area (Å²) in [6, 6.07) is 7.74. The third-order valence-corrected chi connectivity index (χ3v) is 1.61. The fourth-order valence-corrected chi connectivity index (χ4v) is 1.07. The summed E-state index contributed by atoms with van der Waals surface area (Å²) in [5.41, 5.74) is 12.0. The van der Waals surface area contributed by atoms with Crippen LogP contribution in [-0.2, 0) is 6.42 Å². The van der Waals surface area contributed by atoms with Crippen molar-refractivity contribution in [3.05, 3.63) is 29.8 Å². The van der Waals surface area contributed by atoms with Crippen molar-refractivity contribution < 1.29 is 4.74 Å². The lowest BCUT2D eigenvalue weighted by Crippen LogP contribution is -2.32. The fraction of sp³-hybridized carbons (Fsp3) is 0.333. The van der Waals surface area contributed by atoms with Gasteiger partial charge in [0, 0.05) is 6.42 Å². The highest BCUT2D eigenvalue weighted by atomic mass is 16.5. The van der Waals surface area contributed by atoms with E-state index in [2.05, 4.69) is 0 Å². The number of ether oxygens (including phenoxy) is 1. The van der Waals surface area contributed by atoms with Crippen molar-refractivity contribution in [2.24, 2.45) is 11.5 Å². The van der Waals surface area contributed by atoms with Gasteiger partial charge in [-0.1, -0.05) is 12.1 Å². The Morgan fingerprint density at radius 3 is 2.75 bits per heavy atom. The van der Waals surface area contributed by atoms with Gasteiger partial charge in [0.2, 0.25) is 0 Å². The molecule has 4 N–H and O–H groups in total. The first-order chi connectivity index (χ1) is 5.72. The minimum absolute atomic E-state index is 0.294. The van der Waals surface area contributed by atoms with Gasteiger partial charge in [-0.15, -0.1) is 0 Å². The van der Waals surface area contributed by atoms with Gasteiger partial charge in [-0.2, -0.15) is 0 Å². The number of nitrogens with two attached hydrogens (primary N) is 2. The molecule has 1 aromatic rings. The van der Waals surface area contributed by atoms with Crippen molar-refractivity contribution in [3.63, 3.8) is 0 Å². The molecule has 0 unspecified atom stereocenters. The number of hydrogen-bond acceptors (Lipinski definition) is 3. The van der Waals surface area contributed by atoms with Gasteiger partial charge in [0.25, 0.3) is 0 Å². The van der Waals surface area contributed by atoms with Gasteiger partial charge < -0.3 is 16.2 Å². The molecule has 0 bridgehead atoms. The van der Waals surface area contributed by atoms with Gasteiger partial charge in [-0.3, -0.25) is 0 Å². The van der Waals surface area contributed by atoms with E-state index in [1.165, 1.54) is 0 Å². The Balaban J connectivity index is 2.72. The molecule has 0 fully saturated rings. The van der Waals surface area contributed by atoms with Crippen molar-refractivity contribution in [2.75, 3.05) is 7.11 Å². The molecule has 0 aliphatic carbocycles. The maximum Gasteiger partial charge on any atom is 0.119 e. The van der Waals surface area contributed by atoms with Crippen LogP contribution in [0.5, 0.6) is 5.75 Å². The first kappa shape index (κ1) is 9.03. The Kier molecular flexibility index (Phi) is 3.08. The summed E-state index contributed by atoms with van der Waals surface area (Å²) in [5.74, 6) is 0.841. The molecule has 0 amide bonds. The topological polar surface area (TPSA) is 61.3 Å². The van der Waals surface area contributed by atoms with Gasteiger partial charge >= 0.3 is 0 Å². The average Bonchev–Trinajstić information content (AvgIpc) is 2.03. The van der Waals surface area contributed by atoms with E-state index in [1.54, 1.807) is 7.11 Å². The van der Waals surface area contributed by atoms with Crippen LogP contribution in [0.25, 0.3) is 0 Å². The molecule has 0 spiro atoms. The van der Waals surface area contributed by atoms with Crippen LogP contribution in [-0.4, -0.2) is 13.3 Å². The van der Waals surface area contributed by atoms with Crippen LogP contribution in [0.15, 0.2) is 24.3 Å². The summed E-state index contributed by atoms with van der Waals surface area (Å²) < 4.78 is 5.05. The minimum atomic E-state index is -0.294. The van der Waals surface area contributed by atoms with Crippen LogP contribution in [0.3, 0.4) is 0 Å². The Hall–Kier alpha value is -1.06. The first-order valence-electron chi connectivity index (χ1n) is 3.86. The van der Waals surface area contributed by atoms with Crippen molar-refractivity contribution in [1.82, 2.24) is 0 Å². The molecule has 66 valence electrons. The Labute approximate surface area is 72.3 Å². The average molecular weight is 166 g/mol. The summed E-state index contributed by atoms with van der Waals surface area (Å²) in [4.78, 5) is 0. The Morgan fingerprint density at radius 2 is 2.17 bits per heavy atom. The second-order valence-corrected chi connectivity index (χ2v) is 2.72. The van der Waals surface area contributed by atoms with Crippen molar-refractivity contribution in [1.29, 1.82) is 0 Å². The Bertz CT molecular complexity index is 248. The van der Waals surface area contributed by atoms with E-state index in [-0.39, 0.29) is 6.17 Å². The minimum Gasteiger partial charge on any atom is -0.497 e. The van der Waals surface area contributed by atoms with Crippen LogP contribution in [0.4, 0.5) is 0 Å². The summed E-state index contributed by atoms with van der Waals surface area (Å²) in [5, 5.41) is 0. The third-order valence-electron chi connectivity index (χ3n) is 1.61. The summed E-state index contributed by atoms with van der Waals surface area (Å²) in [6.45, 7) is 0. The lowest BCUT2D eigenvalue weighted by Gasteiger charge is -2.06. The van der Waals surface area contributed by atoms with Crippen molar-refractivity contribution in [2.45, 2.75) is 12.6 Å². The van der Waals surface area contributed by atoms with Crippen molar-refractivity contribution in [3.8, 4) is 5.75 Å². The predicted molar refractivity (Wildman–Crippen MR) is 48.9 cm³/mol. The van der Waals surface area contributed by atoms with Crippen LogP contribution >= 0.6 is 0 Å². The maximum absolute atomic E-state index is 5.45. The maximum atomic E-state index is 5.45. The number of methoxy groups -OCH3 is 1. The molecule has 0 saturated carbocycles. The third kappa shape index (κ3) is 2.53. The molecule has 0 aliphatic rings. The molecule has 12 heavy (non-hydrogen) atoms. The molecular weight excluding hydrogens is 152 g/mol. The van der Waals surface area contributed by atoms with E-state index in [0.29, 0.717) is 6.42 Å². The quantitative estimate of drug-likeness (QED) is 0.642. The lowest BCUT2D eigenvalue weighted by atomic mass is 10.1. The van der Waals surface area contributed by atoms with Crippen LogP contribution in [0, 0.1) is 0 Å². The van der Waals surface area contributed by atoms with Crippen LogP contribution in [0.1, 0.15) is 5.56 Å². The molecule has 3 nitrogen and oxygen atoms in total. The smallest absolute Gasteiger partial charge is 0.119 e. The zero-order chi connectivity index (χ0) is 8.97. The monoisotopic (exact) mass is 166 g/mol. The molecule has 0 radical (unpaired) electrons. The molecule has 0 saturated heterocycles.